The second-order valence-corrected chi connectivity index (χ2v) is 6.99. The molecule has 4 rings (SSSR count). The van der Waals surface area contributed by atoms with Crippen molar-refractivity contribution in [2.45, 2.75) is 6.92 Å². The SMILES string of the molecule is COc1cc(/C=C2\C(=O)N(c3cccc(C(=O)O)c3)N=C2C)ccc1OC(=O)c1ccco1. The standard InChI is InChI=1S/C24H18N2O7/c1-14-18(22(27)26(25-14)17-6-3-5-16(13-17)23(28)29)11-15-8-9-19(21(12-15)31-2)33-24(30)20-7-4-10-32-20/h3-13H,1-2H3,(H,28,29)/b18-11-. The minimum Gasteiger partial charge on any atom is -0.493 e. The lowest BCUT2D eigenvalue weighted by atomic mass is 10.1. The van der Waals surface area contributed by atoms with E-state index in [0.29, 0.717) is 22.5 Å². The molecule has 0 unspecified atom stereocenters. The van der Waals surface area contributed by atoms with E-state index in [1.807, 2.05) is 0 Å². The lowest BCUT2D eigenvalue weighted by Gasteiger charge is -2.12. The summed E-state index contributed by atoms with van der Waals surface area (Å²) in [5.74, 6) is -1.63. The molecule has 0 atom stereocenters. The van der Waals surface area contributed by atoms with Crippen molar-refractivity contribution in [2.24, 2.45) is 5.10 Å². The van der Waals surface area contributed by atoms with E-state index in [-0.39, 0.29) is 22.8 Å². The lowest BCUT2D eigenvalue weighted by molar-refractivity contribution is -0.114. The summed E-state index contributed by atoms with van der Waals surface area (Å²) in [7, 11) is 1.43. The number of nitrogens with zero attached hydrogens (tertiary/aromatic N) is 2. The molecule has 0 saturated heterocycles. The van der Waals surface area contributed by atoms with Crippen LogP contribution in [0.15, 0.2) is 76.0 Å². The molecule has 2 aromatic carbocycles. The van der Waals surface area contributed by atoms with E-state index in [9.17, 15) is 19.5 Å². The fourth-order valence-electron chi connectivity index (χ4n) is 3.20. The summed E-state index contributed by atoms with van der Waals surface area (Å²) in [6.07, 6.45) is 3.00. The van der Waals surface area contributed by atoms with Crippen molar-refractivity contribution in [2.75, 3.05) is 12.1 Å². The van der Waals surface area contributed by atoms with Gasteiger partial charge in [-0.15, -0.1) is 0 Å². The van der Waals surface area contributed by atoms with Gasteiger partial charge < -0.3 is 19.0 Å². The average Bonchev–Trinajstić information content (AvgIpc) is 3.44. The molecule has 1 N–H and O–H groups in total. The number of carbonyl (C=O) groups is 3. The minimum atomic E-state index is -1.10. The van der Waals surface area contributed by atoms with Gasteiger partial charge in [-0.1, -0.05) is 12.1 Å². The van der Waals surface area contributed by atoms with Gasteiger partial charge in [0.2, 0.25) is 5.76 Å². The topological polar surface area (TPSA) is 119 Å². The number of rotatable bonds is 6. The summed E-state index contributed by atoms with van der Waals surface area (Å²) in [6.45, 7) is 1.68. The van der Waals surface area contributed by atoms with Gasteiger partial charge in [-0.2, -0.15) is 10.1 Å². The highest BCUT2D eigenvalue weighted by atomic mass is 16.6. The van der Waals surface area contributed by atoms with E-state index >= 15 is 0 Å². The van der Waals surface area contributed by atoms with Crippen LogP contribution in [0.25, 0.3) is 6.08 Å². The van der Waals surface area contributed by atoms with Crippen molar-refractivity contribution in [1.82, 2.24) is 0 Å². The van der Waals surface area contributed by atoms with Gasteiger partial charge in [0.05, 0.1) is 35.9 Å². The largest absolute Gasteiger partial charge is 0.493 e. The fraction of sp³-hybridized carbons (Fsp3) is 0.0833. The number of carboxylic acid groups (broad SMARTS) is 1. The number of carboxylic acids is 1. The van der Waals surface area contributed by atoms with E-state index in [0.717, 1.165) is 5.01 Å². The second kappa shape index (κ2) is 8.83. The zero-order valence-corrected chi connectivity index (χ0v) is 17.6. The number of aromatic carboxylic acids is 1. The summed E-state index contributed by atoms with van der Waals surface area (Å²) in [4.78, 5) is 36.4. The molecule has 0 radical (unpaired) electrons. The van der Waals surface area contributed by atoms with Crippen LogP contribution in [0, 0.1) is 0 Å². The number of furan rings is 1. The Morgan fingerprint density at radius 2 is 1.91 bits per heavy atom. The van der Waals surface area contributed by atoms with E-state index in [2.05, 4.69) is 5.10 Å². The highest BCUT2D eigenvalue weighted by molar-refractivity contribution is 6.32. The van der Waals surface area contributed by atoms with Gasteiger partial charge in [-0.25, -0.2) is 9.59 Å². The van der Waals surface area contributed by atoms with Crippen LogP contribution in [0.1, 0.15) is 33.4 Å². The molecule has 1 amide bonds. The third-order valence-electron chi connectivity index (χ3n) is 4.82. The van der Waals surface area contributed by atoms with Gasteiger partial charge in [0, 0.05) is 0 Å². The molecule has 166 valence electrons. The van der Waals surface area contributed by atoms with Gasteiger partial charge in [0.25, 0.3) is 5.91 Å². The summed E-state index contributed by atoms with van der Waals surface area (Å²) >= 11 is 0. The molecule has 1 aromatic heterocycles. The molecule has 3 aromatic rings. The molecule has 33 heavy (non-hydrogen) atoms. The number of hydrogen-bond acceptors (Lipinski definition) is 7. The van der Waals surface area contributed by atoms with E-state index in [1.54, 1.807) is 49.4 Å². The van der Waals surface area contributed by atoms with E-state index in [4.69, 9.17) is 13.9 Å². The van der Waals surface area contributed by atoms with Crippen LogP contribution in [0.3, 0.4) is 0 Å². The number of anilines is 1. The smallest absolute Gasteiger partial charge is 0.379 e. The molecule has 0 spiro atoms. The van der Waals surface area contributed by atoms with Gasteiger partial charge in [0.1, 0.15) is 0 Å². The quantitative estimate of drug-likeness (QED) is 0.345. The maximum absolute atomic E-state index is 13.0. The van der Waals surface area contributed by atoms with Crippen LogP contribution in [0.4, 0.5) is 5.69 Å². The number of benzene rings is 2. The van der Waals surface area contributed by atoms with Gasteiger partial charge in [-0.3, -0.25) is 4.79 Å². The summed E-state index contributed by atoms with van der Waals surface area (Å²) in [5.41, 5.74) is 1.81. The number of methoxy groups -OCH3 is 1. The predicted molar refractivity (Wildman–Crippen MR) is 119 cm³/mol. The Kier molecular flexibility index (Phi) is 5.77. The summed E-state index contributed by atoms with van der Waals surface area (Å²) in [5, 5.41) is 14.6. The fourth-order valence-corrected chi connectivity index (χ4v) is 3.20. The molecule has 0 aliphatic carbocycles. The van der Waals surface area contributed by atoms with Crippen molar-refractivity contribution in [3.63, 3.8) is 0 Å². The first-order valence-electron chi connectivity index (χ1n) is 9.76. The molecule has 0 fully saturated rings. The molecule has 9 heteroatoms. The van der Waals surface area contributed by atoms with Crippen LogP contribution in [-0.4, -0.2) is 35.8 Å². The Hall–Kier alpha value is -4.66. The van der Waals surface area contributed by atoms with Crippen molar-refractivity contribution < 1.29 is 33.4 Å². The highest BCUT2D eigenvalue weighted by Crippen LogP contribution is 2.31. The monoisotopic (exact) mass is 446 g/mol. The third kappa shape index (κ3) is 4.38. The first kappa shape index (κ1) is 21.6. The Labute approximate surface area is 188 Å². The number of carbonyl (C=O) groups excluding carboxylic acids is 2. The number of esters is 1. The molecule has 9 nitrogen and oxygen atoms in total. The Morgan fingerprint density at radius 1 is 1.09 bits per heavy atom. The minimum absolute atomic E-state index is 0.0509. The number of hydrogen-bond donors (Lipinski definition) is 1. The Balaban J connectivity index is 1.59. The normalized spacial score (nSPS) is 14.4. The zero-order chi connectivity index (χ0) is 23.5. The average molecular weight is 446 g/mol. The maximum Gasteiger partial charge on any atom is 0.379 e. The predicted octanol–water partition coefficient (Wildman–Crippen LogP) is 4.01. The van der Waals surface area contributed by atoms with Crippen LogP contribution >= 0.6 is 0 Å². The zero-order valence-electron chi connectivity index (χ0n) is 17.6. The molecular weight excluding hydrogens is 428 g/mol. The van der Waals surface area contributed by atoms with E-state index < -0.39 is 17.8 Å². The van der Waals surface area contributed by atoms with Crippen molar-refractivity contribution >= 4 is 35.3 Å². The van der Waals surface area contributed by atoms with Crippen molar-refractivity contribution in [3.05, 3.63) is 83.3 Å². The van der Waals surface area contributed by atoms with Gasteiger partial charge in [-0.05, 0) is 61.0 Å². The first-order valence-corrected chi connectivity index (χ1v) is 9.76. The van der Waals surface area contributed by atoms with Crippen molar-refractivity contribution in [3.8, 4) is 11.5 Å². The molecule has 1 aliphatic rings. The van der Waals surface area contributed by atoms with Crippen LogP contribution in [0.2, 0.25) is 0 Å². The second-order valence-electron chi connectivity index (χ2n) is 6.99. The molecule has 2 heterocycles. The Morgan fingerprint density at radius 3 is 2.61 bits per heavy atom. The molecule has 0 saturated carbocycles. The van der Waals surface area contributed by atoms with Crippen molar-refractivity contribution in [1.29, 1.82) is 0 Å². The van der Waals surface area contributed by atoms with Crippen LogP contribution in [0.5, 0.6) is 11.5 Å². The Bertz CT molecular complexity index is 1310. The van der Waals surface area contributed by atoms with Gasteiger partial charge in [0.15, 0.2) is 11.5 Å². The molecular formula is C24H18N2O7. The molecule has 1 aliphatic heterocycles. The highest BCUT2D eigenvalue weighted by Gasteiger charge is 2.29. The van der Waals surface area contributed by atoms with Crippen LogP contribution in [-0.2, 0) is 4.79 Å². The summed E-state index contributed by atoms with van der Waals surface area (Å²) in [6, 6.07) is 13.9. The van der Waals surface area contributed by atoms with Gasteiger partial charge >= 0.3 is 11.9 Å². The number of ether oxygens (including phenoxy) is 2. The van der Waals surface area contributed by atoms with Crippen LogP contribution < -0.4 is 14.5 Å². The number of hydrazone groups is 1. The van der Waals surface area contributed by atoms with E-state index in [1.165, 1.54) is 31.6 Å². The number of amides is 1. The lowest BCUT2D eigenvalue weighted by Crippen LogP contribution is -2.21. The first-order chi connectivity index (χ1) is 15.9. The third-order valence-corrected chi connectivity index (χ3v) is 4.82. The summed E-state index contributed by atoms with van der Waals surface area (Å²) < 4.78 is 15.7. The maximum atomic E-state index is 13.0. The molecule has 0 bridgehead atoms.